The highest BCUT2D eigenvalue weighted by Crippen LogP contribution is 2.34. The van der Waals surface area contributed by atoms with Crippen molar-refractivity contribution in [1.82, 2.24) is 9.38 Å². The van der Waals surface area contributed by atoms with Crippen LogP contribution in [-0.2, 0) is 6.18 Å². The van der Waals surface area contributed by atoms with Crippen LogP contribution in [-0.4, -0.2) is 9.38 Å². The average Bonchev–Trinajstić information content (AvgIpc) is 2.73. The van der Waals surface area contributed by atoms with Gasteiger partial charge in [-0.15, -0.1) is 0 Å². The zero-order chi connectivity index (χ0) is 15.2. The van der Waals surface area contributed by atoms with Gasteiger partial charge in [0, 0.05) is 11.8 Å². The van der Waals surface area contributed by atoms with E-state index >= 15 is 0 Å². The van der Waals surface area contributed by atoms with E-state index < -0.39 is 11.7 Å². The molecule has 2 heterocycles. The molecule has 1 aromatic carbocycles. The van der Waals surface area contributed by atoms with E-state index in [4.69, 9.17) is 0 Å². The Morgan fingerprint density at radius 1 is 1.05 bits per heavy atom. The fourth-order valence-corrected chi connectivity index (χ4v) is 2.54. The summed E-state index contributed by atoms with van der Waals surface area (Å²) >= 11 is 0. The van der Waals surface area contributed by atoms with Crippen molar-refractivity contribution < 1.29 is 13.2 Å². The summed E-state index contributed by atoms with van der Waals surface area (Å²) in [5.41, 5.74) is 2.41. The highest BCUT2D eigenvalue weighted by atomic mass is 19.4. The molecule has 0 spiro atoms. The number of halogens is 3. The van der Waals surface area contributed by atoms with E-state index in [2.05, 4.69) is 4.98 Å². The Balaban J connectivity index is 2.33. The highest BCUT2D eigenvalue weighted by Gasteiger charge is 2.34. The topological polar surface area (TPSA) is 17.3 Å². The minimum atomic E-state index is -4.41. The van der Waals surface area contributed by atoms with Crippen LogP contribution < -0.4 is 0 Å². The molecule has 0 bridgehead atoms. The van der Waals surface area contributed by atoms with Crippen LogP contribution in [0.15, 0.2) is 42.6 Å². The molecule has 0 N–H and O–H groups in total. The molecule has 3 aromatic rings. The number of rotatable bonds is 1. The maximum atomic E-state index is 13.1. The Hall–Kier alpha value is -2.30. The molecule has 108 valence electrons. The van der Waals surface area contributed by atoms with Gasteiger partial charge in [0.05, 0.1) is 17.0 Å². The van der Waals surface area contributed by atoms with E-state index in [-0.39, 0.29) is 5.65 Å². The molecule has 0 unspecified atom stereocenters. The first-order valence-corrected chi connectivity index (χ1v) is 6.50. The maximum Gasteiger partial charge on any atom is 0.419 e. The minimum absolute atomic E-state index is 0.0565. The van der Waals surface area contributed by atoms with Gasteiger partial charge in [-0.25, -0.2) is 4.98 Å². The smallest absolute Gasteiger partial charge is 0.299 e. The number of hydrogen-bond acceptors (Lipinski definition) is 1. The molecule has 3 rings (SSSR count). The predicted octanol–water partition coefficient (Wildman–Crippen LogP) is 4.64. The molecule has 2 aromatic heterocycles. The molecule has 0 aliphatic rings. The Labute approximate surface area is 119 Å². The van der Waals surface area contributed by atoms with Crippen molar-refractivity contribution in [2.24, 2.45) is 0 Å². The molecule has 0 amide bonds. The summed E-state index contributed by atoms with van der Waals surface area (Å²) in [5.74, 6) is 0. The third-order valence-electron chi connectivity index (χ3n) is 3.42. The van der Waals surface area contributed by atoms with Gasteiger partial charge in [0.1, 0.15) is 5.65 Å². The Morgan fingerprint density at radius 3 is 2.48 bits per heavy atom. The lowest BCUT2D eigenvalue weighted by molar-refractivity contribution is -0.136. The van der Waals surface area contributed by atoms with Gasteiger partial charge in [0.25, 0.3) is 0 Å². The van der Waals surface area contributed by atoms with Gasteiger partial charge in [-0.3, -0.25) is 4.40 Å². The molecule has 0 fully saturated rings. The average molecular weight is 290 g/mol. The van der Waals surface area contributed by atoms with E-state index in [1.807, 2.05) is 31.2 Å². The number of aryl methyl sites for hydroxylation is 2. The Bertz CT molecular complexity index is 816. The van der Waals surface area contributed by atoms with Gasteiger partial charge < -0.3 is 0 Å². The van der Waals surface area contributed by atoms with E-state index in [1.54, 1.807) is 13.1 Å². The molecule has 0 atom stereocenters. The molecule has 5 heteroatoms. The van der Waals surface area contributed by atoms with E-state index in [0.717, 1.165) is 17.2 Å². The number of aromatic nitrogens is 2. The predicted molar refractivity (Wildman–Crippen MR) is 75.1 cm³/mol. The summed E-state index contributed by atoms with van der Waals surface area (Å²) in [6.07, 6.45) is -2.80. The second kappa shape index (κ2) is 4.62. The van der Waals surface area contributed by atoms with E-state index in [1.165, 1.54) is 10.5 Å². The van der Waals surface area contributed by atoms with Crippen molar-refractivity contribution in [3.8, 4) is 11.3 Å². The number of pyridine rings is 1. The van der Waals surface area contributed by atoms with Crippen LogP contribution in [0.4, 0.5) is 13.2 Å². The first-order valence-electron chi connectivity index (χ1n) is 6.50. The highest BCUT2D eigenvalue weighted by molar-refractivity contribution is 5.69. The van der Waals surface area contributed by atoms with Gasteiger partial charge >= 0.3 is 6.18 Å². The third-order valence-corrected chi connectivity index (χ3v) is 3.42. The van der Waals surface area contributed by atoms with Crippen molar-refractivity contribution in [2.45, 2.75) is 20.0 Å². The fourth-order valence-electron chi connectivity index (χ4n) is 2.54. The third kappa shape index (κ3) is 2.28. The molecule has 2 nitrogen and oxygen atoms in total. The molecule has 0 saturated heterocycles. The van der Waals surface area contributed by atoms with Crippen molar-refractivity contribution in [3.05, 3.63) is 59.4 Å². The van der Waals surface area contributed by atoms with Crippen LogP contribution in [0.1, 0.15) is 16.8 Å². The zero-order valence-corrected chi connectivity index (χ0v) is 11.6. The summed E-state index contributed by atoms with van der Waals surface area (Å²) in [4.78, 5) is 4.13. The Kier molecular flexibility index (Phi) is 3.01. The monoisotopic (exact) mass is 290 g/mol. The lowest BCUT2D eigenvalue weighted by Gasteiger charge is -2.09. The van der Waals surface area contributed by atoms with Crippen LogP contribution >= 0.6 is 0 Å². The fraction of sp³-hybridized carbons (Fsp3) is 0.188. The second-order valence-corrected chi connectivity index (χ2v) is 5.03. The van der Waals surface area contributed by atoms with Crippen molar-refractivity contribution in [3.63, 3.8) is 0 Å². The van der Waals surface area contributed by atoms with Crippen LogP contribution in [0.25, 0.3) is 16.9 Å². The van der Waals surface area contributed by atoms with E-state index in [0.29, 0.717) is 11.4 Å². The largest absolute Gasteiger partial charge is 0.419 e. The van der Waals surface area contributed by atoms with Crippen molar-refractivity contribution in [1.29, 1.82) is 0 Å². The Morgan fingerprint density at radius 2 is 1.81 bits per heavy atom. The molecule has 21 heavy (non-hydrogen) atoms. The molecule has 0 aliphatic carbocycles. The first kappa shape index (κ1) is 13.7. The first-order chi connectivity index (χ1) is 9.88. The quantitative estimate of drug-likeness (QED) is 0.638. The molecule has 0 saturated carbocycles. The molecular formula is C16H13F3N2. The molecule has 0 aliphatic heterocycles. The number of hydrogen-bond donors (Lipinski definition) is 0. The van der Waals surface area contributed by atoms with Gasteiger partial charge in [-0.05, 0) is 32.0 Å². The number of benzene rings is 1. The van der Waals surface area contributed by atoms with Gasteiger partial charge in [0.15, 0.2) is 0 Å². The van der Waals surface area contributed by atoms with Crippen LogP contribution in [0.5, 0.6) is 0 Å². The van der Waals surface area contributed by atoms with E-state index in [9.17, 15) is 13.2 Å². The summed E-state index contributed by atoms with van der Waals surface area (Å²) in [5, 5.41) is 0. The SMILES string of the molecule is Cc1cccc(-c2c(C)nc3c(C(F)(F)F)cccn23)c1. The van der Waals surface area contributed by atoms with Crippen LogP contribution in [0.2, 0.25) is 0 Å². The summed E-state index contributed by atoms with van der Waals surface area (Å²) in [7, 11) is 0. The van der Waals surface area contributed by atoms with Crippen LogP contribution in [0, 0.1) is 13.8 Å². The number of imidazole rings is 1. The number of nitrogens with zero attached hydrogens (tertiary/aromatic N) is 2. The van der Waals surface area contributed by atoms with Gasteiger partial charge in [-0.2, -0.15) is 13.2 Å². The maximum absolute atomic E-state index is 13.1. The van der Waals surface area contributed by atoms with Gasteiger partial charge in [-0.1, -0.05) is 23.8 Å². The van der Waals surface area contributed by atoms with Gasteiger partial charge in [0.2, 0.25) is 0 Å². The summed E-state index contributed by atoms with van der Waals surface area (Å²) in [6.45, 7) is 3.67. The van der Waals surface area contributed by atoms with Crippen molar-refractivity contribution >= 4 is 5.65 Å². The van der Waals surface area contributed by atoms with Crippen molar-refractivity contribution in [2.75, 3.05) is 0 Å². The lowest BCUT2D eigenvalue weighted by atomic mass is 10.1. The van der Waals surface area contributed by atoms with Crippen LogP contribution in [0.3, 0.4) is 0 Å². The zero-order valence-electron chi connectivity index (χ0n) is 11.6. The summed E-state index contributed by atoms with van der Waals surface area (Å²) < 4.78 is 40.7. The second-order valence-electron chi connectivity index (χ2n) is 5.03. The lowest BCUT2D eigenvalue weighted by Crippen LogP contribution is -2.07. The molecular weight excluding hydrogens is 277 g/mol. The number of alkyl halides is 3. The standard InChI is InChI=1S/C16H13F3N2/c1-10-5-3-6-12(9-10)14-11(2)20-15-13(16(17,18)19)7-4-8-21(14)15/h3-9H,1-2H3. The molecule has 0 radical (unpaired) electrons. The normalized spacial score (nSPS) is 12.0. The number of fused-ring (bicyclic) bond motifs is 1. The minimum Gasteiger partial charge on any atom is -0.299 e. The summed E-state index contributed by atoms with van der Waals surface area (Å²) in [6, 6.07) is 10.1.